The van der Waals surface area contributed by atoms with Crippen LogP contribution in [0.1, 0.15) is 92.9 Å². The zero-order valence-electron chi connectivity index (χ0n) is 18.9. The Bertz CT molecular complexity index is 537. The van der Waals surface area contributed by atoms with Gasteiger partial charge in [-0.25, -0.2) is 0 Å². The number of carbonyl (C=O) groups is 1. The normalized spacial score (nSPS) is 15.7. The van der Waals surface area contributed by atoms with Crippen molar-refractivity contribution in [2.24, 2.45) is 0 Å². The summed E-state index contributed by atoms with van der Waals surface area (Å²) in [6, 6.07) is 0. The van der Waals surface area contributed by atoms with E-state index < -0.39 is 11.7 Å². The van der Waals surface area contributed by atoms with Crippen LogP contribution in [0.3, 0.4) is 0 Å². The summed E-state index contributed by atoms with van der Waals surface area (Å²) in [5, 5.41) is 20.9. The van der Waals surface area contributed by atoms with E-state index in [1.165, 1.54) is 23.6 Å². The van der Waals surface area contributed by atoms with Crippen LogP contribution >= 0.6 is 0 Å². The van der Waals surface area contributed by atoms with E-state index in [0.29, 0.717) is 19.4 Å². The monoisotopic (exact) mass is 394 g/mol. The fraction of sp³-hybridized carbons (Fsp3) is 0.708. The first-order valence-corrected chi connectivity index (χ1v) is 10.5. The van der Waals surface area contributed by atoms with Crippen molar-refractivity contribution < 1.29 is 19.7 Å². The molecule has 0 aliphatic heterocycles. The van der Waals surface area contributed by atoms with Crippen LogP contribution < -0.4 is 0 Å². The molecule has 0 amide bonds. The van der Waals surface area contributed by atoms with E-state index in [9.17, 15) is 15.0 Å². The van der Waals surface area contributed by atoms with E-state index in [2.05, 4.69) is 39.0 Å². The van der Waals surface area contributed by atoms with Crippen LogP contribution in [0.25, 0.3) is 0 Å². The Morgan fingerprint density at radius 3 is 2.18 bits per heavy atom. The molecule has 0 spiro atoms. The summed E-state index contributed by atoms with van der Waals surface area (Å²) < 4.78 is 4.92. The molecule has 0 saturated carbocycles. The highest BCUT2D eigenvalue weighted by atomic mass is 16.5. The van der Waals surface area contributed by atoms with Gasteiger partial charge in [0.2, 0.25) is 0 Å². The Kier molecular flexibility index (Phi) is 13.9. The first kappa shape index (κ1) is 26.6. The topological polar surface area (TPSA) is 66.8 Å². The van der Waals surface area contributed by atoms with Crippen LogP contribution in [-0.4, -0.2) is 34.5 Å². The highest BCUT2D eigenvalue weighted by Crippen LogP contribution is 2.22. The number of aliphatic hydroxyl groups excluding tert-OH is 1. The molecule has 0 unspecified atom stereocenters. The lowest BCUT2D eigenvalue weighted by atomic mass is 9.89. The molecule has 2 N–H and O–H groups in total. The zero-order chi connectivity index (χ0) is 21.6. The standard InChI is InChI=1S/C24H42O4/c1-19(2)11-7-12-20(3)14-9-17-24(6,27)23(26)16-8-13-21(4)15-10-18-28-22(5)25/h11,13-14,23,26-27H,7-10,12,15-18H2,1-6H3/b20-14+,21-13+/t23-,24-/m1/s1. The number of aliphatic hydroxyl groups is 2. The van der Waals surface area contributed by atoms with Crippen molar-refractivity contribution >= 4 is 5.97 Å². The average molecular weight is 395 g/mol. The van der Waals surface area contributed by atoms with Gasteiger partial charge in [0.1, 0.15) is 0 Å². The molecule has 0 rings (SSSR count). The molecule has 4 heteroatoms. The fourth-order valence-corrected chi connectivity index (χ4v) is 2.94. The van der Waals surface area contributed by atoms with Gasteiger partial charge in [-0.05, 0) is 86.0 Å². The molecule has 0 bridgehead atoms. The molecule has 0 heterocycles. The Hall–Kier alpha value is -1.39. The van der Waals surface area contributed by atoms with Crippen LogP contribution in [0.2, 0.25) is 0 Å². The first-order valence-electron chi connectivity index (χ1n) is 10.5. The second-order valence-corrected chi connectivity index (χ2v) is 8.35. The van der Waals surface area contributed by atoms with Gasteiger partial charge in [-0.2, -0.15) is 0 Å². The molecular formula is C24H42O4. The molecular weight excluding hydrogens is 352 g/mol. The minimum Gasteiger partial charge on any atom is -0.466 e. The van der Waals surface area contributed by atoms with E-state index >= 15 is 0 Å². The van der Waals surface area contributed by atoms with Crippen molar-refractivity contribution in [2.45, 2.75) is 105 Å². The van der Waals surface area contributed by atoms with Gasteiger partial charge in [0.25, 0.3) is 0 Å². The third kappa shape index (κ3) is 14.6. The number of ether oxygens (including phenoxy) is 1. The van der Waals surface area contributed by atoms with Crippen LogP contribution in [-0.2, 0) is 9.53 Å². The van der Waals surface area contributed by atoms with Crippen molar-refractivity contribution in [3.63, 3.8) is 0 Å². The molecule has 28 heavy (non-hydrogen) atoms. The van der Waals surface area contributed by atoms with Crippen LogP contribution in [0.4, 0.5) is 0 Å². The predicted octanol–water partition coefficient (Wildman–Crippen LogP) is 5.64. The minimum atomic E-state index is -1.08. The number of rotatable bonds is 14. The number of hydrogen-bond acceptors (Lipinski definition) is 4. The largest absolute Gasteiger partial charge is 0.466 e. The summed E-state index contributed by atoms with van der Waals surface area (Å²) in [6.45, 7) is 12.0. The molecule has 162 valence electrons. The predicted molar refractivity (Wildman–Crippen MR) is 117 cm³/mol. The van der Waals surface area contributed by atoms with Gasteiger partial charge in [-0.15, -0.1) is 0 Å². The minimum absolute atomic E-state index is 0.245. The van der Waals surface area contributed by atoms with E-state index in [1.54, 1.807) is 6.92 Å². The molecule has 4 nitrogen and oxygen atoms in total. The van der Waals surface area contributed by atoms with Crippen molar-refractivity contribution in [1.82, 2.24) is 0 Å². The maximum absolute atomic E-state index is 10.7. The van der Waals surface area contributed by atoms with E-state index in [-0.39, 0.29) is 5.97 Å². The lowest BCUT2D eigenvalue weighted by Gasteiger charge is -2.28. The molecule has 0 saturated heterocycles. The molecule has 0 aromatic carbocycles. The molecule has 0 aromatic heterocycles. The molecule has 0 aliphatic carbocycles. The van der Waals surface area contributed by atoms with Gasteiger partial charge in [-0.3, -0.25) is 4.79 Å². The van der Waals surface area contributed by atoms with Crippen LogP contribution in [0.5, 0.6) is 0 Å². The Labute approximate surface area is 172 Å². The first-order chi connectivity index (χ1) is 13.0. The van der Waals surface area contributed by atoms with Crippen molar-refractivity contribution in [2.75, 3.05) is 6.61 Å². The van der Waals surface area contributed by atoms with Gasteiger partial charge in [0.15, 0.2) is 0 Å². The number of esters is 1. The molecule has 2 atom stereocenters. The molecule has 0 aliphatic rings. The average Bonchev–Trinajstić information content (AvgIpc) is 2.58. The summed E-state index contributed by atoms with van der Waals surface area (Å²) >= 11 is 0. The quantitative estimate of drug-likeness (QED) is 0.227. The zero-order valence-corrected chi connectivity index (χ0v) is 18.9. The van der Waals surface area contributed by atoms with Gasteiger partial charge in [0, 0.05) is 6.92 Å². The summed E-state index contributed by atoms with van der Waals surface area (Å²) in [5.74, 6) is -0.245. The SMILES string of the molecule is CC(=O)OCCC/C(C)=C/CC[C@@H](O)[C@](C)(O)CC/C=C(\C)CCC=C(C)C. The lowest BCUT2D eigenvalue weighted by Crippen LogP contribution is -2.39. The van der Waals surface area contributed by atoms with Crippen LogP contribution in [0, 0.1) is 0 Å². The van der Waals surface area contributed by atoms with E-state index in [1.807, 2.05) is 6.92 Å². The van der Waals surface area contributed by atoms with Gasteiger partial charge < -0.3 is 14.9 Å². The van der Waals surface area contributed by atoms with Gasteiger partial charge in [-0.1, -0.05) is 34.9 Å². The molecule has 0 aromatic rings. The third-order valence-corrected chi connectivity index (χ3v) is 4.91. The van der Waals surface area contributed by atoms with Crippen molar-refractivity contribution in [1.29, 1.82) is 0 Å². The maximum atomic E-state index is 10.7. The molecule has 0 radical (unpaired) electrons. The molecule has 0 fully saturated rings. The maximum Gasteiger partial charge on any atom is 0.302 e. The highest BCUT2D eigenvalue weighted by Gasteiger charge is 2.28. The second-order valence-electron chi connectivity index (χ2n) is 8.35. The summed E-state index contributed by atoms with van der Waals surface area (Å²) in [6.07, 6.45) is 12.1. The van der Waals surface area contributed by atoms with Gasteiger partial charge in [0.05, 0.1) is 18.3 Å². The number of allylic oxidation sites excluding steroid dienone is 6. The summed E-state index contributed by atoms with van der Waals surface area (Å²) in [4.78, 5) is 10.7. The fourth-order valence-electron chi connectivity index (χ4n) is 2.94. The van der Waals surface area contributed by atoms with E-state index in [0.717, 1.165) is 38.5 Å². The second kappa shape index (κ2) is 14.6. The van der Waals surface area contributed by atoms with Crippen molar-refractivity contribution in [3.8, 4) is 0 Å². The number of hydrogen-bond donors (Lipinski definition) is 2. The van der Waals surface area contributed by atoms with Crippen LogP contribution in [0.15, 0.2) is 34.9 Å². The summed E-state index contributed by atoms with van der Waals surface area (Å²) in [5.41, 5.74) is 2.81. The number of carbonyl (C=O) groups excluding carboxylic acids is 1. The summed E-state index contributed by atoms with van der Waals surface area (Å²) in [7, 11) is 0. The lowest BCUT2D eigenvalue weighted by molar-refractivity contribution is -0.141. The smallest absolute Gasteiger partial charge is 0.302 e. The Balaban J connectivity index is 4.18. The van der Waals surface area contributed by atoms with Gasteiger partial charge >= 0.3 is 5.97 Å². The third-order valence-electron chi connectivity index (χ3n) is 4.91. The van der Waals surface area contributed by atoms with Crippen molar-refractivity contribution in [3.05, 3.63) is 34.9 Å². The van der Waals surface area contributed by atoms with E-state index in [4.69, 9.17) is 4.74 Å². The Morgan fingerprint density at radius 1 is 0.964 bits per heavy atom. The Morgan fingerprint density at radius 2 is 1.57 bits per heavy atom. The highest BCUT2D eigenvalue weighted by molar-refractivity contribution is 5.65.